The zero-order valence-corrected chi connectivity index (χ0v) is 8.55. The van der Waals surface area contributed by atoms with Gasteiger partial charge in [-0.3, -0.25) is 4.79 Å². The molecule has 0 amide bonds. The summed E-state index contributed by atoms with van der Waals surface area (Å²) >= 11 is 2.75. The van der Waals surface area contributed by atoms with Gasteiger partial charge in [-0.05, 0) is 15.9 Å². The summed E-state index contributed by atoms with van der Waals surface area (Å²) in [5, 5.41) is 8.22. The van der Waals surface area contributed by atoms with Crippen LogP contribution in [0.25, 0.3) is 0 Å². The number of aromatic amines is 1. The van der Waals surface area contributed by atoms with Crippen LogP contribution in [0.4, 0.5) is 13.6 Å². The number of carboxylic acid groups (broad SMARTS) is 1. The third-order valence-corrected chi connectivity index (χ3v) is 2.06. The number of rotatable bonds is 2. The highest BCUT2D eigenvalue weighted by Gasteiger charge is 2.16. The summed E-state index contributed by atoms with van der Waals surface area (Å²) < 4.78 is 28.4. The van der Waals surface area contributed by atoms with Gasteiger partial charge in [0.15, 0.2) is 0 Å². The Hall–Kier alpha value is -1.44. The number of alkyl halides is 2. The lowest BCUT2D eigenvalue weighted by molar-refractivity contribution is 0.141. The monoisotopic (exact) mass is 283 g/mol. The van der Waals surface area contributed by atoms with Crippen molar-refractivity contribution in [1.29, 1.82) is 0 Å². The first-order valence-electron chi connectivity index (χ1n) is 3.53. The molecule has 0 aliphatic heterocycles. The highest BCUT2D eigenvalue weighted by atomic mass is 79.9. The average Bonchev–Trinajstić information content (AvgIpc) is 2.09. The number of nitrogens with one attached hydrogen (secondary N) is 1. The predicted molar refractivity (Wildman–Crippen MR) is 48.4 cm³/mol. The lowest BCUT2D eigenvalue weighted by atomic mass is 10.3. The Labute approximate surface area is 89.8 Å². The summed E-state index contributed by atoms with van der Waals surface area (Å²) in [6, 6.07) is 0.869. The molecular weight excluding hydrogens is 280 g/mol. The largest absolute Gasteiger partial charge is 0.511 e. The van der Waals surface area contributed by atoms with E-state index in [0.29, 0.717) is 0 Å². The molecule has 0 spiro atoms. The van der Waals surface area contributed by atoms with Gasteiger partial charge in [-0.15, -0.1) is 0 Å². The minimum absolute atomic E-state index is 0.131. The van der Waals surface area contributed by atoms with Crippen LogP contribution in [0, 0.1) is 0 Å². The second kappa shape index (κ2) is 4.39. The first kappa shape index (κ1) is 11.6. The Morgan fingerprint density at radius 2 is 2.20 bits per heavy atom. The van der Waals surface area contributed by atoms with Gasteiger partial charge in [-0.2, -0.15) is 0 Å². The van der Waals surface area contributed by atoms with E-state index in [2.05, 4.69) is 20.7 Å². The Morgan fingerprint density at radius 1 is 1.60 bits per heavy atom. The summed E-state index contributed by atoms with van der Waals surface area (Å²) in [6.45, 7) is 0. The summed E-state index contributed by atoms with van der Waals surface area (Å²) in [5.74, 6) is -0.571. The van der Waals surface area contributed by atoms with Crippen LogP contribution in [0.5, 0.6) is 5.75 Å². The molecule has 0 saturated carbocycles. The van der Waals surface area contributed by atoms with Gasteiger partial charge < -0.3 is 14.8 Å². The number of halogens is 3. The molecule has 5 nitrogen and oxygen atoms in total. The number of aromatic nitrogens is 1. The van der Waals surface area contributed by atoms with Gasteiger partial charge in [0.1, 0.15) is 0 Å². The topological polar surface area (TPSA) is 79.4 Å². The minimum Gasteiger partial charge on any atom is -0.449 e. The van der Waals surface area contributed by atoms with E-state index in [4.69, 9.17) is 5.11 Å². The molecule has 0 radical (unpaired) electrons. The predicted octanol–water partition coefficient (Wildman–Crippen LogP) is 2.13. The van der Waals surface area contributed by atoms with E-state index in [1.165, 1.54) is 0 Å². The lowest BCUT2D eigenvalue weighted by Gasteiger charge is -2.04. The molecule has 2 N–H and O–H groups in total. The van der Waals surface area contributed by atoms with E-state index in [-0.39, 0.29) is 4.47 Å². The normalized spacial score (nSPS) is 10.4. The highest BCUT2D eigenvalue weighted by Crippen LogP contribution is 2.26. The maximum Gasteiger partial charge on any atom is 0.511 e. The quantitative estimate of drug-likeness (QED) is 0.815. The van der Waals surface area contributed by atoms with Crippen LogP contribution in [0.1, 0.15) is 12.1 Å². The smallest absolute Gasteiger partial charge is 0.449 e. The molecule has 0 aromatic carbocycles. The van der Waals surface area contributed by atoms with Gasteiger partial charge in [0, 0.05) is 10.5 Å². The fourth-order valence-electron chi connectivity index (χ4n) is 0.831. The number of hydrogen-bond donors (Lipinski definition) is 2. The minimum atomic E-state index is -2.87. The fourth-order valence-corrected chi connectivity index (χ4v) is 1.31. The molecule has 0 aliphatic carbocycles. The van der Waals surface area contributed by atoms with E-state index in [9.17, 15) is 18.4 Å². The number of pyridine rings is 1. The number of carbonyl (C=O) groups is 1. The zero-order chi connectivity index (χ0) is 11.6. The van der Waals surface area contributed by atoms with E-state index in [1.807, 2.05) is 4.98 Å². The van der Waals surface area contributed by atoms with Crippen LogP contribution in [0.3, 0.4) is 0 Å². The van der Waals surface area contributed by atoms with Crippen molar-refractivity contribution < 1.29 is 23.4 Å². The maximum absolute atomic E-state index is 12.2. The molecule has 0 aliphatic rings. The van der Waals surface area contributed by atoms with Crippen LogP contribution in [-0.4, -0.2) is 16.2 Å². The van der Waals surface area contributed by atoms with E-state index in [0.717, 1.165) is 6.07 Å². The number of H-pyrrole nitrogens is 1. The van der Waals surface area contributed by atoms with Gasteiger partial charge in [-0.25, -0.2) is 13.6 Å². The summed E-state index contributed by atoms with van der Waals surface area (Å²) in [7, 11) is 0. The molecule has 15 heavy (non-hydrogen) atoms. The molecule has 82 valence electrons. The Kier molecular flexibility index (Phi) is 3.40. The van der Waals surface area contributed by atoms with E-state index in [1.54, 1.807) is 0 Å². The third-order valence-electron chi connectivity index (χ3n) is 1.40. The van der Waals surface area contributed by atoms with Crippen molar-refractivity contribution >= 4 is 22.1 Å². The van der Waals surface area contributed by atoms with Crippen molar-refractivity contribution in [3.63, 3.8) is 0 Å². The van der Waals surface area contributed by atoms with E-state index < -0.39 is 29.6 Å². The summed E-state index contributed by atoms with van der Waals surface area (Å²) in [5.41, 5.74) is -1.66. The first-order valence-corrected chi connectivity index (χ1v) is 4.32. The molecule has 1 aromatic heterocycles. The van der Waals surface area contributed by atoms with Crippen LogP contribution < -0.4 is 10.3 Å². The fraction of sp³-hybridized carbons (Fsp3) is 0.143. The molecular formula is C7H4BrF2NO4. The van der Waals surface area contributed by atoms with E-state index >= 15 is 0 Å². The molecule has 1 aromatic rings. The van der Waals surface area contributed by atoms with Crippen LogP contribution in [-0.2, 0) is 0 Å². The Bertz CT molecular complexity index is 445. The molecule has 1 rings (SSSR count). The Balaban J connectivity index is 3.20. The van der Waals surface area contributed by atoms with Crippen molar-refractivity contribution in [3.8, 4) is 5.75 Å². The van der Waals surface area contributed by atoms with Gasteiger partial charge in [0.25, 0.3) is 12.0 Å². The van der Waals surface area contributed by atoms with Gasteiger partial charge in [0.2, 0.25) is 5.75 Å². The molecule has 8 heteroatoms. The second-order valence-electron chi connectivity index (χ2n) is 2.39. The van der Waals surface area contributed by atoms with Crippen LogP contribution in [0.15, 0.2) is 15.3 Å². The molecule has 0 atom stereocenters. The SMILES string of the molecule is O=C(O)Oc1cc(Br)c(C(F)F)[nH]c1=O. The maximum atomic E-state index is 12.2. The van der Waals surface area contributed by atoms with Crippen molar-refractivity contribution in [3.05, 3.63) is 26.6 Å². The highest BCUT2D eigenvalue weighted by molar-refractivity contribution is 9.10. The number of hydrogen-bond acceptors (Lipinski definition) is 3. The molecule has 0 fully saturated rings. The average molecular weight is 284 g/mol. The summed E-state index contributed by atoms with van der Waals surface area (Å²) in [4.78, 5) is 23.0. The summed E-state index contributed by atoms with van der Waals surface area (Å²) in [6.07, 6.45) is -4.57. The van der Waals surface area contributed by atoms with Crippen molar-refractivity contribution in [2.75, 3.05) is 0 Å². The second-order valence-corrected chi connectivity index (χ2v) is 3.25. The van der Waals surface area contributed by atoms with Gasteiger partial charge >= 0.3 is 6.16 Å². The van der Waals surface area contributed by atoms with Crippen molar-refractivity contribution in [2.45, 2.75) is 6.43 Å². The zero-order valence-electron chi connectivity index (χ0n) is 6.96. The first-order chi connectivity index (χ1) is 6.91. The molecule has 0 bridgehead atoms. The molecule has 1 heterocycles. The molecule has 0 saturated heterocycles. The van der Waals surface area contributed by atoms with Crippen molar-refractivity contribution in [1.82, 2.24) is 4.98 Å². The van der Waals surface area contributed by atoms with Gasteiger partial charge in [0.05, 0.1) is 5.69 Å². The van der Waals surface area contributed by atoms with Crippen LogP contribution in [0.2, 0.25) is 0 Å². The molecule has 0 unspecified atom stereocenters. The van der Waals surface area contributed by atoms with Crippen molar-refractivity contribution in [2.24, 2.45) is 0 Å². The third kappa shape index (κ3) is 2.75. The van der Waals surface area contributed by atoms with Gasteiger partial charge in [-0.1, -0.05) is 0 Å². The van der Waals surface area contributed by atoms with Crippen LogP contribution >= 0.6 is 15.9 Å². The lowest BCUT2D eigenvalue weighted by Crippen LogP contribution is -2.16. The number of ether oxygens (including phenoxy) is 1. The Morgan fingerprint density at radius 3 is 2.67 bits per heavy atom. The standard InChI is InChI=1S/C7H4BrF2NO4/c8-2-1-3(15-7(13)14)6(12)11-4(2)5(9)10/h1,5H,(H,11,12)(H,13,14).